The van der Waals surface area contributed by atoms with Gasteiger partial charge in [-0.1, -0.05) is 0 Å². The number of alkyl halides is 2. The first-order valence-electron chi connectivity index (χ1n) is 8.65. The fourth-order valence-electron chi connectivity index (χ4n) is 2.88. The minimum absolute atomic E-state index is 0.0478. The topological polar surface area (TPSA) is 56.8 Å². The van der Waals surface area contributed by atoms with Crippen molar-refractivity contribution in [1.82, 2.24) is 19.7 Å². The van der Waals surface area contributed by atoms with Crippen LogP contribution in [0.25, 0.3) is 0 Å². The van der Waals surface area contributed by atoms with Crippen LogP contribution in [0.3, 0.4) is 0 Å². The lowest BCUT2D eigenvalue weighted by Crippen LogP contribution is -2.51. The molecule has 1 fully saturated rings. The summed E-state index contributed by atoms with van der Waals surface area (Å²) < 4.78 is 25.3. The lowest BCUT2D eigenvalue weighted by molar-refractivity contribution is -0.132. The Bertz CT molecular complexity index is 621. The Morgan fingerprint density at radius 3 is 2.46 bits per heavy atom. The molecular weight excluding hydrogens is 362 g/mol. The van der Waals surface area contributed by atoms with Crippen LogP contribution >= 0.6 is 11.8 Å². The van der Waals surface area contributed by atoms with Crippen LogP contribution in [-0.4, -0.2) is 83.1 Å². The van der Waals surface area contributed by atoms with Crippen molar-refractivity contribution >= 4 is 23.6 Å². The molecule has 2 heterocycles. The maximum atomic E-state index is 12.7. The molecule has 1 saturated heterocycles. The quantitative estimate of drug-likeness (QED) is 0.671. The number of aromatic nitrogens is 1. The van der Waals surface area contributed by atoms with Crippen LogP contribution in [0, 0.1) is 0 Å². The van der Waals surface area contributed by atoms with Gasteiger partial charge in [0.2, 0.25) is 5.91 Å². The van der Waals surface area contributed by atoms with Crippen molar-refractivity contribution < 1.29 is 18.4 Å². The maximum Gasteiger partial charge on any atom is 0.290 e. The van der Waals surface area contributed by atoms with Crippen LogP contribution in [-0.2, 0) is 4.79 Å². The number of hydrogen-bond donors (Lipinski definition) is 0. The Morgan fingerprint density at radius 1 is 1.23 bits per heavy atom. The van der Waals surface area contributed by atoms with Crippen molar-refractivity contribution in [3.63, 3.8) is 0 Å². The van der Waals surface area contributed by atoms with Gasteiger partial charge >= 0.3 is 0 Å². The van der Waals surface area contributed by atoms with Gasteiger partial charge in [-0.2, -0.15) is 8.78 Å². The minimum Gasteiger partial charge on any atom is -0.342 e. The maximum absolute atomic E-state index is 12.7. The van der Waals surface area contributed by atoms with Crippen molar-refractivity contribution in [2.75, 3.05) is 45.8 Å². The van der Waals surface area contributed by atoms with Crippen LogP contribution in [0.4, 0.5) is 8.78 Å². The molecule has 1 aromatic rings. The number of amides is 2. The molecule has 26 heavy (non-hydrogen) atoms. The summed E-state index contributed by atoms with van der Waals surface area (Å²) in [4.78, 5) is 34.2. The number of likely N-dealkylation sites (N-methyl/N-ethyl adjacent to an activating group) is 1. The van der Waals surface area contributed by atoms with E-state index in [9.17, 15) is 18.4 Å². The summed E-state index contributed by atoms with van der Waals surface area (Å²) in [7, 11) is 0. The molecular formula is C17H24F2N4O2S. The number of carbonyl (C=O) groups is 2. The van der Waals surface area contributed by atoms with Gasteiger partial charge in [-0.3, -0.25) is 14.5 Å². The van der Waals surface area contributed by atoms with Gasteiger partial charge in [0.05, 0.1) is 12.1 Å². The van der Waals surface area contributed by atoms with E-state index < -0.39 is 5.76 Å². The van der Waals surface area contributed by atoms with E-state index in [0.29, 0.717) is 45.8 Å². The standard InChI is InChI=1S/C17H24F2N4O2S/c1-3-22(4-2)14(24)12-21-8-10-23(11-9-21)16(25)13-6-5-7-20-15(13)26-17(18)19/h5-7,17H,3-4,8-12H2,1-2H3. The Balaban J connectivity index is 1.94. The molecule has 9 heteroatoms. The highest BCUT2D eigenvalue weighted by molar-refractivity contribution is 7.99. The van der Waals surface area contributed by atoms with E-state index >= 15 is 0 Å². The summed E-state index contributed by atoms with van der Waals surface area (Å²) in [5.41, 5.74) is 0.200. The van der Waals surface area contributed by atoms with Crippen LogP contribution < -0.4 is 0 Å². The number of pyridine rings is 1. The second-order valence-electron chi connectivity index (χ2n) is 5.87. The first-order chi connectivity index (χ1) is 12.5. The lowest BCUT2D eigenvalue weighted by atomic mass is 10.2. The van der Waals surface area contributed by atoms with Gasteiger partial charge in [-0.05, 0) is 37.7 Å². The molecule has 0 aliphatic carbocycles. The highest BCUT2D eigenvalue weighted by Crippen LogP contribution is 2.27. The number of halogens is 2. The molecule has 0 aromatic carbocycles. The predicted molar refractivity (Wildman–Crippen MR) is 96.4 cm³/mol. The highest BCUT2D eigenvalue weighted by Gasteiger charge is 2.26. The summed E-state index contributed by atoms with van der Waals surface area (Å²) in [5, 5.41) is 0.0478. The molecule has 1 aromatic heterocycles. The normalized spacial score (nSPS) is 15.3. The third-order valence-corrected chi connectivity index (χ3v) is 5.06. The summed E-state index contributed by atoms with van der Waals surface area (Å²) in [6.07, 6.45) is 1.40. The molecule has 0 unspecified atom stereocenters. The van der Waals surface area contributed by atoms with E-state index in [4.69, 9.17) is 0 Å². The largest absolute Gasteiger partial charge is 0.342 e. The van der Waals surface area contributed by atoms with Gasteiger partial charge in [0.25, 0.3) is 11.7 Å². The van der Waals surface area contributed by atoms with Crippen molar-refractivity contribution in [2.45, 2.75) is 24.6 Å². The summed E-state index contributed by atoms with van der Waals surface area (Å²) in [6.45, 7) is 7.66. The fraction of sp³-hybridized carbons (Fsp3) is 0.588. The Morgan fingerprint density at radius 2 is 1.88 bits per heavy atom. The second kappa shape index (κ2) is 9.82. The lowest BCUT2D eigenvalue weighted by Gasteiger charge is -2.35. The number of piperazine rings is 1. The Labute approximate surface area is 156 Å². The van der Waals surface area contributed by atoms with Crippen LogP contribution in [0.1, 0.15) is 24.2 Å². The Kier molecular flexibility index (Phi) is 7.77. The predicted octanol–water partition coefficient (Wildman–Crippen LogP) is 2.02. The molecule has 2 amide bonds. The zero-order chi connectivity index (χ0) is 19.1. The van der Waals surface area contributed by atoms with E-state index in [1.165, 1.54) is 12.3 Å². The van der Waals surface area contributed by atoms with Crippen LogP contribution in [0.5, 0.6) is 0 Å². The molecule has 0 spiro atoms. The van der Waals surface area contributed by atoms with Crippen molar-refractivity contribution in [3.8, 4) is 0 Å². The number of rotatable bonds is 7. The monoisotopic (exact) mass is 386 g/mol. The number of carbonyl (C=O) groups excluding carboxylic acids is 2. The van der Waals surface area contributed by atoms with E-state index in [-0.39, 0.29) is 34.2 Å². The molecule has 144 valence electrons. The molecule has 0 radical (unpaired) electrons. The molecule has 6 nitrogen and oxygen atoms in total. The van der Waals surface area contributed by atoms with Gasteiger partial charge in [0.15, 0.2) is 0 Å². The summed E-state index contributed by atoms with van der Waals surface area (Å²) in [5.74, 6) is -2.84. The van der Waals surface area contributed by atoms with Gasteiger partial charge in [-0.25, -0.2) is 4.98 Å². The third-order valence-electron chi connectivity index (χ3n) is 4.34. The van der Waals surface area contributed by atoms with E-state index in [0.717, 1.165) is 0 Å². The van der Waals surface area contributed by atoms with Crippen molar-refractivity contribution in [3.05, 3.63) is 23.9 Å². The second-order valence-corrected chi connectivity index (χ2v) is 6.85. The minimum atomic E-state index is -2.63. The number of thioether (sulfide) groups is 1. The average molecular weight is 386 g/mol. The van der Waals surface area contributed by atoms with Gasteiger partial charge < -0.3 is 9.80 Å². The molecule has 0 saturated carbocycles. The van der Waals surface area contributed by atoms with Crippen LogP contribution in [0.2, 0.25) is 0 Å². The first kappa shape index (κ1) is 20.6. The van der Waals surface area contributed by atoms with Crippen molar-refractivity contribution in [1.29, 1.82) is 0 Å². The summed E-state index contributed by atoms with van der Waals surface area (Å²) in [6, 6.07) is 3.10. The van der Waals surface area contributed by atoms with Crippen molar-refractivity contribution in [2.24, 2.45) is 0 Å². The van der Waals surface area contributed by atoms with Gasteiger partial charge in [-0.15, -0.1) is 0 Å². The zero-order valence-corrected chi connectivity index (χ0v) is 15.8. The number of nitrogens with zero attached hydrogens (tertiary/aromatic N) is 4. The zero-order valence-electron chi connectivity index (χ0n) is 15.0. The smallest absolute Gasteiger partial charge is 0.290 e. The average Bonchev–Trinajstić information content (AvgIpc) is 2.63. The van der Waals surface area contributed by atoms with E-state index in [2.05, 4.69) is 4.98 Å². The molecule has 1 aliphatic rings. The Hall–Kier alpha value is -1.74. The third kappa shape index (κ3) is 5.38. The molecule has 1 aliphatic heterocycles. The SMILES string of the molecule is CCN(CC)C(=O)CN1CCN(C(=O)c2cccnc2SC(F)F)CC1. The summed E-state index contributed by atoms with van der Waals surface area (Å²) >= 11 is 0.282. The number of hydrogen-bond acceptors (Lipinski definition) is 5. The molecule has 0 atom stereocenters. The van der Waals surface area contributed by atoms with Gasteiger partial charge in [0, 0.05) is 45.5 Å². The fourth-order valence-corrected chi connectivity index (χ4v) is 3.45. The molecule has 0 bridgehead atoms. The van der Waals surface area contributed by atoms with Gasteiger partial charge in [0.1, 0.15) is 5.03 Å². The highest BCUT2D eigenvalue weighted by atomic mass is 32.2. The first-order valence-corrected chi connectivity index (χ1v) is 9.53. The van der Waals surface area contributed by atoms with E-state index in [1.54, 1.807) is 15.9 Å². The molecule has 0 N–H and O–H groups in total. The molecule has 2 rings (SSSR count). The van der Waals surface area contributed by atoms with Crippen LogP contribution in [0.15, 0.2) is 23.4 Å². The van der Waals surface area contributed by atoms with E-state index in [1.807, 2.05) is 18.7 Å².